The molecule has 4 nitrogen and oxygen atoms in total. The number of aromatic amines is 1. The van der Waals surface area contributed by atoms with Crippen molar-refractivity contribution >= 4 is 11.8 Å². The minimum atomic E-state index is -0.0686. The maximum absolute atomic E-state index is 12.1. The van der Waals surface area contributed by atoms with Crippen molar-refractivity contribution in [2.45, 2.75) is 37.4 Å². The molecule has 3 rings (SSSR count). The minimum Gasteiger partial charge on any atom is -0.377 e. The van der Waals surface area contributed by atoms with E-state index in [2.05, 4.69) is 9.97 Å². The van der Waals surface area contributed by atoms with Crippen LogP contribution < -0.4 is 5.56 Å². The third-order valence-electron chi connectivity index (χ3n) is 3.86. The number of hydrogen-bond acceptors (Lipinski definition) is 4. The van der Waals surface area contributed by atoms with Crippen LogP contribution in [0.3, 0.4) is 0 Å². The Balaban J connectivity index is 1.80. The fourth-order valence-electron chi connectivity index (χ4n) is 2.57. The number of ether oxygens (including phenoxy) is 1. The number of nitrogens with one attached hydrogen (secondary N) is 1. The Bertz CT molecular complexity index is 679. The van der Waals surface area contributed by atoms with Crippen molar-refractivity contribution in [3.63, 3.8) is 0 Å². The lowest BCUT2D eigenvalue weighted by atomic mass is 10.1. The predicted molar refractivity (Wildman–Crippen MR) is 89.3 cm³/mol. The van der Waals surface area contributed by atoms with E-state index in [1.54, 1.807) is 11.8 Å². The van der Waals surface area contributed by atoms with Crippen LogP contribution in [0.2, 0.25) is 0 Å². The normalized spacial score (nSPS) is 18.3. The molecule has 1 aliphatic heterocycles. The van der Waals surface area contributed by atoms with Gasteiger partial charge in [0.15, 0.2) is 5.16 Å². The second-order valence-electron chi connectivity index (χ2n) is 5.51. The Labute approximate surface area is 134 Å². The molecule has 0 bridgehead atoms. The van der Waals surface area contributed by atoms with E-state index in [-0.39, 0.29) is 11.7 Å². The van der Waals surface area contributed by atoms with Gasteiger partial charge in [0.2, 0.25) is 0 Å². The van der Waals surface area contributed by atoms with Crippen molar-refractivity contribution in [1.29, 1.82) is 0 Å². The number of hydrogen-bond donors (Lipinski definition) is 1. The Morgan fingerprint density at radius 3 is 2.86 bits per heavy atom. The topological polar surface area (TPSA) is 55.0 Å². The van der Waals surface area contributed by atoms with E-state index in [1.807, 2.05) is 37.3 Å². The van der Waals surface area contributed by atoms with Gasteiger partial charge in [-0.25, -0.2) is 4.98 Å². The monoisotopic (exact) mass is 316 g/mol. The molecular weight excluding hydrogens is 296 g/mol. The van der Waals surface area contributed by atoms with Gasteiger partial charge in [-0.05, 0) is 26.2 Å². The van der Waals surface area contributed by atoms with Gasteiger partial charge in [0.05, 0.1) is 11.8 Å². The van der Waals surface area contributed by atoms with Crippen LogP contribution in [0.1, 0.15) is 24.8 Å². The van der Waals surface area contributed by atoms with Crippen LogP contribution in [0.5, 0.6) is 0 Å². The predicted octanol–water partition coefficient (Wildman–Crippen LogP) is 3.41. The molecule has 5 heteroatoms. The molecule has 1 saturated heterocycles. The molecule has 0 saturated carbocycles. The van der Waals surface area contributed by atoms with Crippen LogP contribution in [0.25, 0.3) is 11.3 Å². The molecule has 0 radical (unpaired) electrons. The van der Waals surface area contributed by atoms with Gasteiger partial charge in [-0.1, -0.05) is 42.1 Å². The van der Waals surface area contributed by atoms with Gasteiger partial charge in [-0.2, -0.15) is 0 Å². The van der Waals surface area contributed by atoms with Crippen LogP contribution in [0.4, 0.5) is 0 Å². The summed E-state index contributed by atoms with van der Waals surface area (Å²) >= 11 is 1.57. The summed E-state index contributed by atoms with van der Waals surface area (Å²) < 4.78 is 5.73. The first-order valence-electron chi connectivity index (χ1n) is 7.65. The number of benzene rings is 1. The molecule has 1 unspecified atom stereocenters. The molecule has 0 amide bonds. The Hall–Kier alpha value is -1.59. The number of thioether (sulfide) groups is 1. The van der Waals surface area contributed by atoms with Crippen LogP contribution in [-0.2, 0) is 4.74 Å². The van der Waals surface area contributed by atoms with E-state index >= 15 is 0 Å². The Kier molecular flexibility index (Phi) is 4.95. The molecule has 116 valence electrons. The smallest absolute Gasteiger partial charge is 0.255 e. The molecule has 0 aliphatic carbocycles. The molecule has 2 heterocycles. The number of rotatable bonds is 4. The fraction of sp³-hybridized carbons (Fsp3) is 0.412. The summed E-state index contributed by atoms with van der Waals surface area (Å²) in [4.78, 5) is 19.7. The highest BCUT2D eigenvalue weighted by molar-refractivity contribution is 7.99. The summed E-state index contributed by atoms with van der Waals surface area (Å²) in [7, 11) is 0. The summed E-state index contributed by atoms with van der Waals surface area (Å²) in [6, 6.07) is 9.84. The van der Waals surface area contributed by atoms with Crippen LogP contribution in [0, 0.1) is 6.92 Å². The second-order valence-corrected chi connectivity index (χ2v) is 6.52. The zero-order chi connectivity index (χ0) is 15.4. The van der Waals surface area contributed by atoms with Crippen molar-refractivity contribution in [2.75, 3.05) is 12.4 Å². The third-order valence-corrected chi connectivity index (χ3v) is 4.86. The summed E-state index contributed by atoms with van der Waals surface area (Å²) in [5.41, 5.74) is 2.32. The standard InChI is InChI=1S/C17H20N2O2S/c1-12-15(13-7-3-2-4-8-13)18-17(19-16(12)20)22-11-14-9-5-6-10-21-14/h2-4,7-8,14H,5-6,9-11H2,1H3,(H,18,19,20). The highest BCUT2D eigenvalue weighted by Crippen LogP contribution is 2.24. The Morgan fingerprint density at radius 2 is 2.14 bits per heavy atom. The van der Waals surface area contributed by atoms with E-state index in [4.69, 9.17) is 4.74 Å². The van der Waals surface area contributed by atoms with Gasteiger partial charge in [-0.3, -0.25) is 4.79 Å². The number of nitrogens with zero attached hydrogens (tertiary/aromatic N) is 1. The van der Waals surface area contributed by atoms with Crippen LogP contribution >= 0.6 is 11.8 Å². The van der Waals surface area contributed by atoms with Gasteiger partial charge in [0, 0.05) is 23.5 Å². The van der Waals surface area contributed by atoms with E-state index in [9.17, 15) is 4.79 Å². The quantitative estimate of drug-likeness (QED) is 0.694. The van der Waals surface area contributed by atoms with Crippen molar-refractivity contribution in [2.24, 2.45) is 0 Å². The van der Waals surface area contributed by atoms with Gasteiger partial charge < -0.3 is 9.72 Å². The third kappa shape index (κ3) is 3.59. The van der Waals surface area contributed by atoms with Gasteiger partial charge in [-0.15, -0.1) is 0 Å². The molecule has 1 atom stereocenters. The summed E-state index contributed by atoms with van der Waals surface area (Å²) in [6.45, 7) is 2.66. The SMILES string of the molecule is Cc1c(-c2ccccc2)nc(SCC2CCCCO2)[nH]c1=O. The van der Waals surface area contributed by atoms with Crippen molar-refractivity contribution < 1.29 is 4.74 Å². The van der Waals surface area contributed by atoms with E-state index < -0.39 is 0 Å². The van der Waals surface area contributed by atoms with Gasteiger partial charge >= 0.3 is 0 Å². The molecule has 0 spiro atoms. The first-order chi connectivity index (χ1) is 10.7. The number of H-pyrrole nitrogens is 1. The summed E-state index contributed by atoms with van der Waals surface area (Å²) in [5.74, 6) is 0.834. The molecule has 1 aliphatic rings. The highest BCUT2D eigenvalue weighted by Gasteiger charge is 2.16. The van der Waals surface area contributed by atoms with Crippen LogP contribution in [0.15, 0.2) is 40.3 Å². The largest absolute Gasteiger partial charge is 0.377 e. The van der Waals surface area contributed by atoms with E-state index in [0.29, 0.717) is 10.7 Å². The zero-order valence-electron chi connectivity index (χ0n) is 12.7. The summed E-state index contributed by atoms with van der Waals surface area (Å²) in [6.07, 6.45) is 3.73. The average Bonchev–Trinajstić information content (AvgIpc) is 2.57. The van der Waals surface area contributed by atoms with E-state index in [0.717, 1.165) is 36.5 Å². The fourth-order valence-corrected chi connectivity index (χ4v) is 3.50. The minimum absolute atomic E-state index is 0.0686. The average molecular weight is 316 g/mol. The molecular formula is C17H20N2O2S. The summed E-state index contributed by atoms with van der Waals surface area (Å²) in [5, 5.41) is 0.670. The van der Waals surface area contributed by atoms with Crippen molar-refractivity contribution in [1.82, 2.24) is 9.97 Å². The lowest BCUT2D eigenvalue weighted by molar-refractivity contribution is 0.0315. The zero-order valence-corrected chi connectivity index (χ0v) is 13.5. The van der Waals surface area contributed by atoms with Crippen molar-refractivity contribution in [3.05, 3.63) is 46.2 Å². The Morgan fingerprint density at radius 1 is 1.32 bits per heavy atom. The van der Waals surface area contributed by atoms with E-state index in [1.165, 1.54) is 6.42 Å². The lowest BCUT2D eigenvalue weighted by Crippen LogP contribution is -2.22. The van der Waals surface area contributed by atoms with Gasteiger partial charge in [0.1, 0.15) is 0 Å². The maximum atomic E-state index is 12.1. The van der Waals surface area contributed by atoms with Gasteiger partial charge in [0.25, 0.3) is 5.56 Å². The molecule has 2 aromatic rings. The molecule has 1 fully saturated rings. The first kappa shape index (κ1) is 15.3. The molecule has 1 N–H and O–H groups in total. The molecule has 22 heavy (non-hydrogen) atoms. The highest BCUT2D eigenvalue weighted by atomic mass is 32.2. The maximum Gasteiger partial charge on any atom is 0.255 e. The molecule has 1 aromatic carbocycles. The second kappa shape index (κ2) is 7.11. The lowest BCUT2D eigenvalue weighted by Gasteiger charge is -2.21. The van der Waals surface area contributed by atoms with Crippen molar-refractivity contribution in [3.8, 4) is 11.3 Å². The molecule has 1 aromatic heterocycles. The number of aromatic nitrogens is 2. The first-order valence-corrected chi connectivity index (χ1v) is 8.63. The van der Waals surface area contributed by atoms with Crippen LogP contribution in [-0.4, -0.2) is 28.4 Å².